The molecule has 1 aromatic carbocycles. The van der Waals surface area contributed by atoms with E-state index in [1.807, 2.05) is 45.2 Å². The number of alkyl carbamates (subject to hydrolysis) is 1. The summed E-state index contributed by atoms with van der Waals surface area (Å²) in [5.41, 5.74) is 1.22. The zero-order valence-corrected chi connectivity index (χ0v) is 16.3. The van der Waals surface area contributed by atoms with Gasteiger partial charge in [-0.2, -0.15) is 5.10 Å². The van der Waals surface area contributed by atoms with Gasteiger partial charge in [0, 0.05) is 18.0 Å². The Morgan fingerprint density at radius 1 is 1.26 bits per heavy atom. The molecule has 1 aliphatic carbocycles. The van der Waals surface area contributed by atoms with Gasteiger partial charge in [-0.05, 0) is 57.4 Å². The van der Waals surface area contributed by atoms with Crippen molar-refractivity contribution >= 4 is 6.09 Å². The molecule has 1 aromatic heterocycles. The number of aromatic nitrogens is 2. The molecule has 0 radical (unpaired) electrons. The number of nitrogens with zero attached hydrogens (tertiary/aromatic N) is 2. The van der Waals surface area contributed by atoms with Gasteiger partial charge in [0.25, 0.3) is 0 Å². The second-order valence-electron chi connectivity index (χ2n) is 8.00. The fourth-order valence-corrected chi connectivity index (χ4v) is 3.45. The highest BCUT2D eigenvalue weighted by molar-refractivity contribution is 5.69. The zero-order valence-electron chi connectivity index (χ0n) is 16.3. The fraction of sp³-hybridized carbons (Fsp3) is 0.455. The molecule has 0 bridgehead atoms. The summed E-state index contributed by atoms with van der Waals surface area (Å²) in [4.78, 5) is 12.4. The number of amides is 1. The van der Waals surface area contributed by atoms with E-state index in [2.05, 4.69) is 34.4 Å². The van der Waals surface area contributed by atoms with Crippen LogP contribution >= 0.6 is 0 Å². The minimum absolute atomic E-state index is 0.344. The minimum Gasteiger partial charge on any atom is -0.444 e. The molecule has 1 N–H and O–H groups in total. The first-order chi connectivity index (χ1) is 12.9. The van der Waals surface area contributed by atoms with Gasteiger partial charge in [0.1, 0.15) is 12.1 Å². The number of rotatable bonds is 3. The Balaban J connectivity index is 1.71. The van der Waals surface area contributed by atoms with Crippen molar-refractivity contribution < 1.29 is 9.53 Å². The van der Waals surface area contributed by atoms with Gasteiger partial charge < -0.3 is 10.1 Å². The third-order valence-corrected chi connectivity index (χ3v) is 4.67. The van der Waals surface area contributed by atoms with E-state index in [0.29, 0.717) is 6.54 Å². The van der Waals surface area contributed by atoms with Crippen molar-refractivity contribution in [2.24, 2.45) is 0 Å². The van der Waals surface area contributed by atoms with Crippen LogP contribution in [0.25, 0.3) is 0 Å². The molecular weight excluding hydrogens is 338 g/mol. The van der Waals surface area contributed by atoms with Crippen molar-refractivity contribution in [2.45, 2.75) is 64.1 Å². The number of hydrogen-bond donors (Lipinski definition) is 1. The minimum atomic E-state index is -0.502. The van der Waals surface area contributed by atoms with Crippen LogP contribution in [-0.2, 0) is 16.8 Å². The summed E-state index contributed by atoms with van der Waals surface area (Å²) in [6, 6.07) is 10.1. The highest BCUT2D eigenvalue weighted by atomic mass is 16.6. The van der Waals surface area contributed by atoms with E-state index in [4.69, 9.17) is 4.74 Å². The van der Waals surface area contributed by atoms with Crippen LogP contribution in [-0.4, -0.2) is 21.5 Å². The molecule has 3 rings (SSSR count). The Morgan fingerprint density at radius 2 is 1.96 bits per heavy atom. The summed E-state index contributed by atoms with van der Waals surface area (Å²) >= 11 is 0. The fourth-order valence-electron chi connectivity index (χ4n) is 3.45. The summed E-state index contributed by atoms with van der Waals surface area (Å²) in [5, 5.41) is 7.28. The Labute approximate surface area is 161 Å². The van der Waals surface area contributed by atoms with Crippen LogP contribution in [0.1, 0.15) is 57.6 Å². The maximum absolute atomic E-state index is 12.4. The lowest BCUT2D eigenvalue weighted by molar-refractivity contribution is 0.0453. The predicted octanol–water partition coefficient (Wildman–Crippen LogP) is 4.23. The van der Waals surface area contributed by atoms with Crippen molar-refractivity contribution in [1.29, 1.82) is 0 Å². The number of ether oxygens (including phenoxy) is 1. The molecular formula is C22H27N3O2. The number of carbonyl (C=O) groups is 1. The monoisotopic (exact) mass is 365 g/mol. The van der Waals surface area contributed by atoms with Gasteiger partial charge in [0.15, 0.2) is 0 Å². The van der Waals surface area contributed by atoms with Crippen molar-refractivity contribution in [3.05, 3.63) is 53.9 Å². The van der Waals surface area contributed by atoms with Crippen LogP contribution in [0, 0.1) is 11.8 Å². The first kappa shape index (κ1) is 19.0. The van der Waals surface area contributed by atoms with Crippen molar-refractivity contribution in [1.82, 2.24) is 15.1 Å². The highest BCUT2D eigenvalue weighted by Gasteiger charge is 2.38. The van der Waals surface area contributed by atoms with E-state index in [1.165, 1.54) is 0 Å². The molecule has 27 heavy (non-hydrogen) atoms. The van der Waals surface area contributed by atoms with Crippen LogP contribution in [0.3, 0.4) is 0 Å². The van der Waals surface area contributed by atoms with E-state index in [-0.39, 0.29) is 11.6 Å². The normalized spacial score (nSPS) is 15.7. The molecule has 142 valence electrons. The third-order valence-electron chi connectivity index (χ3n) is 4.67. The quantitative estimate of drug-likeness (QED) is 0.828. The lowest BCUT2D eigenvalue weighted by atomic mass is 9.88. The van der Waals surface area contributed by atoms with Crippen LogP contribution in [0.15, 0.2) is 42.7 Å². The SMILES string of the molecule is CC(C)(C)OC(=O)NC1(c2ccc(C#CCn3cccn3)cc2)CCCC1. The first-order valence-corrected chi connectivity index (χ1v) is 9.44. The van der Waals surface area contributed by atoms with Crippen molar-refractivity contribution in [3.8, 4) is 11.8 Å². The second kappa shape index (κ2) is 7.87. The summed E-state index contributed by atoms with van der Waals surface area (Å²) in [6.07, 6.45) is 7.34. The topological polar surface area (TPSA) is 56.1 Å². The molecule has 1 amide bonds. The van der Waals surface area contributed by atoms with E-state index in [1.54, 1.807) is 10.9 Å². The standard InChI is InChI=1S/C22H27N3O2/c1-21(2,3)27-20(26)24-22(13-4-5-14-22)19-11-9-18(10-12-19)8-6-16-25-17-7-15-23-25/h7,9-12,15,17H,4-5,13-14,16H2,1-3H3,(H,24,26). The molecule has 0 unspecified atom stereocenters. The van der Waals surface area contributed by atoms with Crippen LogP contribution in [0.4, 0.5) is 4.79 Å². The lowest BCUT2D eigenvalue weighted by Crippen LogP contribution is -2.46. The van der Waals surface area contributed by atoms with Crippen LogP contribution < -0.4 is 5.32 Å². The maximum Gasteiger partial charge on any atom is 0.408 e. The van der Waals surface area contributed by atoms with E-state index in [0.717, 1.165) is 36.8 Å². The van der Waals surface area contributed by atoms with E-state index in [9.17, 15) is 4.79 Å². The first-order valence-electron chi connectivity index (χ1n) is 9.44. The molecule has 5 heteroatoms. The predicted molar refractivity (Wildman–Crippen MR) is 105 cm³/mol. The van der Waals surface area contributed by atoms with E-state index < -0.39 is 5.60 Å². The molecule has 0 aliphatic heterocycles. The van der Waals surface area contributed by atoms with Gasteiger partial charge in [-0.15, -0.1) is 0 Å². The van der Waals surface area contributed by atoms with Gasteiger partial charge >= 0.3 is 6.09 Å². The summed E-state index contributed by atoms with van der Waals surface area (Å²) < 4.78 is 7.27. The number of benzene rings is 1. The second-order valence-corrected chi connectivity index (χ2v) is 8.00. The van der Waals surface area contributed by atoms with Gasteiger partial charge in [-0.1, -0.05) is 36.8 Å². The van der Waals surface area contributed by atoms with Crippen molar-refractivity contribution in [2.75, 3.05) is 0 Å². The van der Waals surface area contributed by atoms with E-state index >= 15 is 0 Å². The molecule has 1 heterocycles. The summed E-state index contributed by atoms with van der Waals surface area (Å²) in [5.74, 6) is 6.28. The van der Waals surface area contributed by atoms with Crippen LogP contribution in [0.2, 0.25) is 0 Å². The Hall–Kier alpha value is -2.74. The molecule has 2 aromatic rings. The molecule has 1 saturated carbocycles. The number of hydrogen-bond acceptors (Lipinski definition) is 3. The average Bonchev–Trinajstić information content (AvgIpc) is 3.26. The number of nitrogens with one attached hydrogen (secondary N) is 1. The Bertz CT molecular complexity index is 815. The Morgan fingerprint density at radius 3 is 2.56 bits per heavy atom. The largest absolute Gasteiger partial charge is 0.444 e. The van der Waals surface area contributed by atoms with Gasteiger partial charge in [-0.25, -0.2) is 4.79 Å². The summed E-state index contributed by atoms with van der Waals surface area (Å²) in [6.45, 7) is 6.21. The van der Waals surface area contributed by atoms with Gasteiger partial charge in [0.05, 0.1) is 5.54 Å². The third kappa shape index (κ3) is 5.13. The smallest absolute Gasteiger partial charge is 0.408 e. The Kier molecular flexibility index (Phi) is 5.55. The lowest BCUT2D eigenvalue weighted by Gasteiger charge is -2.32. The van der Waals surface area contributed by atoms with Gasteiger partial charge in [-0.3, -0.25) is 4.68 Å². The zero-order chi connectivity index (χ0) is 19.3. The average molecular weight is 365 g/mol. The molecule has 1 aliphatic rings. The maximum atomic E-state index is 12.4. The molecule has 1 fully saturated rings. The van der Waals surface area contributed by atoms with Crippen LogP contribution in [0.5, 0.6) is 0 Å². The number of carbonyl (C=O) groups excluding carboxylic acids is 1. The van der Waals surface area contributed by atoms with Gasteiger partial charge in [0.2, 0.25) is 0 Å². The van der Waals surface area contributed by atoms with Crippen molar-refractivity contribution in [3.63, 3.8) is 0 Å². The molecule has 0 saturated heterocycles. The molecule has 5 nitrogen and oxygen atoms in total. The highest BCUT2D eigenvalue weighted by Crippen LogP contribution is 2.39. The molecule has 0 atom stereocenters. The molecule has 0 spiro atoms. The summed E-state index contributed by atoms with van der Waals surface area (Å²) in [7, 11) is 0.